The first-order valence-corrected chi connectivity index (χ1v) is 18.8. The fourth-order valence-corrected chi connectivity index (χ4v) is 8.43. The van der Waals surface area contributed by atoms with Crippen LogP contribution < -0.4 is 15.4 Å². The van der Waals surface area contributed by atoms with Gasteiger partial charge in [0.1, 0.15) is 12.1 Å². The maximum Gasteiger partial charge on any atom is 0.408 e. The zero-order valence-corrected chi connectivity index (χ0v) is 28.7. The van der Waals surface area contributed by atoms with E-state index in [0.717, 1.165) is 72.0 Å². The van der Waals surface area contributed by atoms with E-state index in [1.807, 2.05) is 91.0 Å². The molecule has 2 aliphatic carbocycles. The number of carbonyl (C=O) groups is 2. The van der Waals surface area contributed by atoms with Crippen LogP contribution in [0.1, 0.15) is 56.1 Å². The number of carbonyl (C=O) groups excluding carboxylic acids is 2. The summed E-state index contributed by atoms with van der Waals surface area (Å²) in [6.45, 7) is 0.866. The van der Waals surface area contributed by atoms with Crippen molar-refractivity contribution in [1.82, 2.24) is 15.0 Å². The van der Waals surface area contributed by atoms with Gasteiger partial charge in [0.15, 0.2) is 0 Å². The van der Waals surface area contributed by atoms with E-state index in [0.29, 0.717) is 25.3 Å². The van der Waals surface area contributed by atoms with Crippen LogP contribution in [-0.4, -0.2) is 49.9 Å². The molecule has 1 aromatic heterocycles. The third-order valence-electron chi connectivity index (χ3n) is 9.83. The van der Waals surface area contributed by atoms with Crippen LogP contribution in [0.5, 0.6) is 0 Å². The van der Waals surface area contributed by atoms with Gasteiger partial charge < -0.3 is 20.1 Å². The van der Waals surface area contributed by atoms with Gasteiger partial charge in [-0.25, -0.2) is 17.9 Å². The van der Waals surface area contributed by atoms with Crippen molar-refractivity contribution in [1.29, 1.82) is 0 Å². The molecule has 50 heavy (non-hydrogen) atoms. The summed E-state index contributed by atoms with van der Waals surface area (Å²) in [6.07, 6.45) is 6.19. The first-order valence-electron chi connectivity index (χ1n) is 17.3. The summed E-state index contributed by atoms with van der Waals surface area (Å²) in [6, 6.07) is 29.3. The molecule has 7 rings (SSSR count). The second-order valence-electron chi connectivity index (χ2n) is 13.7. The van der Waals surface area contributed by atoms with Crippen molar-refractivity contribution < 1.29 is 27.5 Å². The molecule has 0 spiro atoms. The highest BCUT2D eigenvalue weighted by Gasteiger charge is 2.42. The summed E-state index contributed by atoms with van der Waals surface area (Å²) in [7, 11) is -3.20. The number of ether oxygens (including phenoxy) is 2. The predicted octanol–water partition coefficient (Wildman–Crippen LogP) is 6.54. The van der Waals surface area contributed by atoms with E-state index in [9.17, 15) is 18.0 Å². The second-order valence-corrected chi connectivity index (χ2v) is 15.6. The molecule has 0 atom stereocenters. The summed E-state index contributed by atoms with van der Waals surface area (Å²) in [4.78, 5) is 30.7. The lowest BCUT2D eigenvalue weighted by atomic mass is 9.84. The average Bonchev–Trinajstić information content (AvgIpc) is 3.98. The van der Waals surface area contributed by atoms with Gasteiger partial charge in [-0.2, -0.15) is 0 Å². The maximum atomic E-state index is 13.1. The number of alkyl carbamates (subject to hydrolysis) is 1. The first kappa shape index (κ1) is 33.9. The third kappa shape index (κ3) is 8.07. The summed E-state index contributed by atoms with van der Waals surface area (Å²) >= 11 is 0. The van der Waals surface area contributed by atoms with Gasteiger partial charge >= 0.3 is 6.09 Å². The highest BCUT2D eigenvalue weighted by molar-refractivity contribution is 7.90. The summed E-state index contributed by atoms with van der Waals surface area (Å²) < 4.78 is 38.5. The molecule has 1 aliphatic heterocycles. The largest absolute Gasteiger partial charge is 0.445 e. The summed E-state index contributed by atoms with van der Waals surface area (Å²) in [5.74, 6) is 0.133. The van der Waals surface area contributed by atoms with Crippen molar-refractivity contribution in [2.24, 2.45) is 5.92 Å². The van der Waals surface area contributed by atoms with Gasteiger partial charge in [-0.15, -0.1) is 0 Å². The first-order chi connectivity index (χ1) is 24.3. The quantitative estimate of drug-likeness (QED) is 0.153. The molecule has 2 amide bonds. The Morgan fingerprint density at radius 2 is 1.52 bits per heavy atom. The summed E-state index contributed by atoms with van der Waals surface area (Å²) in [5.41, 5.74) is 5.25. The standard InChI is InChI=1S/C39H42N4O6S/c44-36(21-27-11-17-32(18-12-27)43-50(46,47)34-19-20-34)41-33-22-35(29-9-5-2-6-10-29)37(40-23-33)30-13-15-31(16-14-30)39(25-48-26-39)42-38(45)49-24-28-7-3-1-4-8-28/h1-10,13-16,22-23,27,32,34,43H,11-12,17-21,24-26H2,(H,41,44)(H,42,45). The number of anilines is 1. The van der Waals surface area contributed by atoms with E-state index in [1.54, 1.807) is 6.20 Å². The Labute approximate surface area is 293 Å². The predicted molar refractivity (Wildman–Crippen MR) is 191 cm³/mol. The molecular formula is C39H42N4O6S. The zero-order valence-electron chi connectivity index (χ0n) is 27.8. The number of hydrogen-bond donors (Lipinski definition) is 3. The molecule has 0 radical (unpaired) electrons. The number of sulfonamides is 1. The third-order valence-corrected chi connectivity index (χ3v) is 11.8. The molecule has 11 heteroatoms. The highest BCUT2D eigenvalue weighted by atomic mass is 32.2. The molecule has 3 aliphatic rings. The van der Waals surface area contributed by atoms with E-state index in [1.165, 1.54) is 0 Å². The maximum absolute atomic E-state index is 13.1. The molecule has 260 valence electrons. The van der Waals surface area contributed by atoms with Crippen molar-refractivity contribution >= 4 is 27.7 Å². The van der Waals surface area contributed by atoms with Gasteiger partial charge in [0.05, 0.1) is 36.0 Å². The van der Waals surface area contributed by atoms with Crippen molar-refractivity contribution in [3.05, 3.63) is 108 Å². The van der Waals surface area contributed by atoms with Crippen LogP contribution in [0.25, 0.3) is 22.4 Å². The molecule has 2 saturated carbocycles. The second kappa shape index (κ2) is 14.7. The number of rotatable bonds is 12. The zero-order chi connectivity index (χ0) is 34.6. The van der Waals surface area contributed by atoms with Gasteiger partial charge in [0.25, 0.3) is 0 Å². The van der Waals surface area contributed by atoms with Crippen molar-refractivity contribution in [2.75, 3.05) is 18.5 Å². The number of nitrogens with one attached hydrogen (secondary N) is 3. The topological polar surface area (TPSA) is 136 Å². The Balaban J connectivity index is 1.01. The van der Waals surface area contributed by atoms with Crippen molar-refractivity contribution in [3.63, 3.8) is 0 Å². The number of benzene rings is 3. The van der Waals surface area contributed by atoms with Crippen LogP contribution >= 0.6 is 0 Å². The Hall–Kier alpha value is -4.58. The molecule has 3 N–H and O–H groups in total. The number of amides is 2. The Morgan fingerprint density at radius 1 is 0.840 bits per heavy atom. The van der Waals surface area contributed by atoms with Crippen LogP contribution in [-0.2, 0) is 36.4 Å². The van der Waals surface area contributed by atoms with Crippen LogP contribution in [0.3, 0.4) is 0 Å². The Kier molecular flexibility index (Phi) is 9.98. The van der Waals surface area contributed by atoms with Crippen LogP contribution in [0.4, 0.5) is 10.5 Å². The fraction of sp³-hybridized carbons (Fsp3) is 0.359. The lowest BCUT2D eigenvalue weighted by Crippen LogP contribution is -2.59. The van der Waals surface area contributed by atoms with Gasteiger partial charge in [0.2, 0.25) is 15.9 Å². The smallest absolute Gasteiger partial charge is 0.408 e. The molecule has 1 saturated heterocycles. The SMILES string of the molecule is O=C(CC1CCC(NS(=O)(=O)C2CC2)CC1)Nc1cnc(-c2ccc(C3(NC(=O)OCc4ccccc4)COC3)cc2)c(-c2ccccc2)c1. The Morgan fingerprint density at radius 3 is 2.16 bits per heavy atom. The molecule has 3 fully saturated rings. The monoisotopic (exact) mass is 694 g/mol. The van der Waals surface area contributed by atoms with Crippen molar-refractivity contribution in [2.45, 2.75) is 68.4 Å². The molecule has 4 aromatic rings. The number of pyridine rings is 1. The van der Waals surface area contributed by atoms with Crippen molar-refractivity contribution in [3.8, 4) is 22.4 Å². The lowest BCUT2D eigenvalue weighted by molar-refractivity contribution is -0.117. The van der Waals surface area contributed by atoms with E-state index < -0.39 is 21.7 Å². The molecular weight excluding hydrogens is 653 g/mol. The Bertz CT molecular complexity index is 1910. The number of hydrogen-bond acceptors (Lipinski definition) is 7. The number of nitrogens with zero attached hydrogens (tertiary/aromatic N) is 1. The van der Waals surface area contributed by atoms with E-state index in [4.69, 9.17) is 14.5 Å². The molecule has 0 unspecified atom stereocenters. The molecule has 10 nitrogen and oxygen atoms in total. The molecule has 0 bridgehead atoms. The highest BCUT2D eigenvalue weighted by Crippen LogP contribution is 2.36. The van der Waals surface area contributed by atoms with E-state index in [-0.39, 0.29) is 29.7 Å². The van der Waals surface area contributed by atoms with Gasteiger partial charge in [0, 0.05) is 23.6 Å². The van der Waals surface area contributed by atoms with E-state index >= 15 is 0 Å². The van der Waals surface area contributed by atoms with Gasteiger partial charge in [-0.1, -0.05) is 84.9 Å². The molecule has 3 aromatic carbocycles. The number of aromatic nitrogens is 1. The summed E-state index contributed by atoms with van der Waals surface area (Å²) in [5, 5.41) is 5.85. The normalized spacial score (nSPS) is 19.9. The van der Waals surface area contributed by atoms with Gasteiger partial charge in [-0.05, 0) is 67.2 Å². The average molecular weight is 695 g/mol. The van der Waals surface area contributed by atoms with Crippen LogP contribution in [0.2, 0.25) is 0 Å². The van der Waals surface area contributed by atoms with Gasteiger partial charge in [-0.3, -0.25) is 9.78 Å². The minimum Gasteiger partial charge on any atom is -0.445 e. The fourth-order valence-electron chi connectivity index (χ4n) is 6.79. The van der Waals surface area contributed by atoms with Crippen LogP contribution in [0.15, 0.2) is 97.2 Å². The lowest BCUT2D eigenvalue weighted by Gasteiger charge is -2.42. The minimum atomic E-state index is -3.20. The van der Waals surface area contributed by atoms with Crippen LogP contribution in [0, 0.1) is 5.92 Å². The van der Waals surface area contributed by atoms with E-state index in [2.05, 4.69) is 15.4 Å². The molecule has 2 heterocycles. The minimum absolute atomic E-state index is 0.0376.